The molecule has 3 aromatic rings. The first-order valence-corrected chi connectivity index (χ1v) is 9.99. The van der Waals surface area contributed by atoms with Crippen LogP contribution in [0.5, 0.6) is 5.88 Å². The fourth-order valence-corrected chi connectivity index (χ4v) is 3.49. The van der Waals surface area contributed by atoms with Crippen LogP contribution in [0.15, 0.2) is 35.0 Å². The van der Waals surface area contributed by atoms with Gasteiger partial charge >= 0.3 is 12.4 Å². The molecule has 0 radical (unpaired) electrons. The fraction of sp³-hybridized carbons (Fsp3) is 0.333. The van der Waals surface area contributed by atoms with Crippen molar-refractivity contribution in [3.8, 4) is 17.0 Å². The Hall–Kier alpha value is -3.64. The van der Waals surface area contributed by atoms with Gasteiger partial charge in [0, 0.05) is 11.8 Å². The van der Waals surface area contributed by atoms with E-state index in [0.29, 0.717) is 5.56 Å². The van der Waals surface area contributed by atoms with Crippen LogP contribution in [0.4, 0.5) is 26.3 Å². The van der Waals surface area contributed by atoms with Gasteiger partial charge in [0.2, 0.25) is 11.8 Å². The number of nitrogens with zero attached hydrogens (tertiary/aromatic N) is 3. The van der Waals surface area contributed by atoms with Crippen LogP contribution in [0, 0.1) is 0 Å². The third kappa shape index (κ3) is 5.46. The summed E-state index contributed by atoms with van der Waals surface area (Å²) in [5.74, 6) is -3.02. The maximum atomic E-state index is 12.7. The number of amides is 1. The van der Waals surface area contributed by atoms with Crippen LogP contribution in [0.2, 0.25) is 0 Å². The summed E-state index contributed by atoms with van der Waals surface area (Å²) in [5, 5.41) is 5.10. The molecule has 34 heavy (non-hydrogen) atoms. The Morgan fingerprint density at radius 2 is 1.85 bits per heavy atom. The summed E-state index contributed by atoms with van der Waals surface area (Å²) < 4.78 is 85.1. The second-order valence-electron chi connectivity index (χ2n) is 7.51. The monoisotopic (exact) mass is 486 g/mol. The molecular weight excluding hydrogens is 470 g/mol. The topological polar surface area (TPSA) is 90.1 Å². The van der Waals surface area contributed by atoms with Crippen LogP contribution >= 0.6 is 0 Å². The number of ether oxygens (including phenoxy) is 1. The third-order valence-corrected chi connectivity index (χ3v) is 5.02. The van der Waals surface area contributed by atoms with Crippen LogP contribution in [0.3, 0.4) is 0 Å². The number of aryl methyl sites for hydroxylation is 2. The zero-order valence-corrected chi connectivity index (χ0v) is 17.3. The number of nitrogens with one attached hydrogen (secondary N) is 1. The van der Waals surface area contributed by atoms with Gasteiger partial charge < -0.3 is 14.6 Å². The molecule has 4 rings (SSSR count). The number of aromatic nitrogens is 3. The number of pyridine rings is 1. The third-order valence-electron chi connectivity index (χ3n) is 5.02. The number of hydrogen-bond acceptors (Lipinski definition) is 6. The summed E-state index contributed by atoms with van der Waals surface area (Å²) in [7, 11) is 0. The number of benzene rings is 1. The minimum absolute atomic E-state index is 0.0505. The van der Waals surface area contributed by atoms with Gasteiger partial charge in [0.05, 0.1) is 12.1 Å². The minimum atomic E-state index is -4.80. The van der Waals surface area contributed by atoms with Gasteiger partial charge in [-0.05, 0) is 42.0 Å². The van der Waals surface area contributed by atoms with Gasteiger partial charge in [0.25, 0.3) is 11.7 Å². The van der Waals surface area contributed by atoms with Crippen LogP contribution in [0.25, 0.3) is 11.1 Å². The zero-order chi connectivity index (χ0) is 24.5. The van der Waals surface area contributed by atoms with Crippen molar-refractivity contribution in [2.45, 2.75) is 38.2 Å². The Kier molecular flexibility index (Phi) is 6.19. The number of carbonyl (C=O) groups excluding carboxylic acids is 1. The molecule has 2 heterocycles. The van der Waals surface area contributed by atoms with Crippen molar-refractivity contribution in [3.63, 3.8) is 0 Å². The molecule has 13 heteroatoms. The van der Waals surface area contributed by atoms with E-state index in [2.05, 4.69) is 25.0 Å². The lowest BCUT2D eigenvalue weighted by Gasteiger charge is -2.14. The number of fused-ring (bicyclic) bond motifs is 1. The van der Waals surface area contributed by atoms with E-state index in [1.807, 2.05) is 12.1 Å². The molecular formula is C21H16F6N4O3. The van der Waals surface area contributed by atoms with Crippen LogP contribution in [-0.4, -0.2) is 33.8 Å². The quantitative estimate of drug-likeness (QED) is 0.516. The Morgan fingerprint density at radius 3 is 2.56 bits per heavy atom. The van der Waals surface area contributed by atoms with Crippen molar-refractivity contribution in [2.24, 2.45) is 0 Å². The van der Waals surface area contributed by atoms with E-state index < -0.39 is 43.1 Å². The molecule has 0 saturated heterocycles. The summed E-state index contributed by atoms with van der Waals surface area (Å²) in [6, 6.07) is 6.70. The number of carbonyl (C=O) groups is 1. The Labute approximate surface area is 188 Å². The van der Waals surface area contributed by atoms with Crippen molar-refractivity contribution in [3.05, 3.63) is 58.9 Å². The maximum absolute atomic E-state index is 12.7. The van der Waals surface area contributed by atoms with Gasteiger partial charge in [-0.15, -0.1) is 0 Å². The van der Waals surface area contributed by atoms with Crippen LogP contribution in [0.1, 0.15) is 39.6 Å². The molecule has 0 saturated carbocycles. The summed E-state index contributed by atoms with van der Waals surface area (Å²) in [5.41, 5.74) is 2.83. The zero-order valence-electron chi connectivity index (χ0n) is 17.3. The van der Waals surface area contributed by atoms with E-state index in [4.69, 9.17) is 4.74 Å². The fourth-order valence-electron chi connectivity index (χ4n) is 3.49. The number of halogens is 6. The highest BCUT2D eigenvalue weighted by Gasteiger charge is 2.37. The van der Waals surface area contributed by atoms with Crippen molar-refractivity contribution in [1.82, 2.24) is 20.4 Å². The second-order valence-corrected chi connectivity index (χ2v) is 7.51. The van der Waals surface area contributed by atoms with E-state index in [1.54, 1.807) is 6.07 Å². The molecule has 180 valence electrons. The summed E-state index contributed by atoms with van der Waals surface area (Å²) in [4.78, 5) is 19.6. The molecule has 1 aliphatic carbocycles. The summed E-state index contributed by atoms with van der Waals surface area (Å²) in [6.07, 6.45) is -5.70. The van der Waals surface area contributed by atoms with Gasteiger partial charge in [-0.3, -0.25) is 4.79 Å². The summed E-state index contributed by atoms with van der Waals surface area (Å²) in [6.45, 7) is -2.06. The standard InChI is InChI=1S/C21H16F6N4O3/c22-20(23,24)10-33-18-15(13-5-4-11-2-1-3-12(11)6-13)7-14(8-29-18)17(32)28-9-16-30-19(31-34-16)21(25,26)27/h4-8H,1-3,9-10H2,(H,28,32). The lowest BCUT2D eigenvalue weighted by Crippen LogP contribution is -2.24. The first-order valence-electron chi connectivity index (χ1n) is 9.99. The van der Waals surface area contributed by atoms with E-state index in [9.17, 15) is 31.1 Å². The first kappa shape index (κ1) is 23.5. The lowest BCUT2D eigenvalue weighted by molar-refractivity contribution is -0.154. The SMILES string of the molecule is O=C(NCc1nc(C(F)(F)F)no1)c1cnc(OCC(F)(F)F)c(-c2ccc3c(c2)CCC3)c1. The molecule has 0 fully saturated rings. The normalized spacial score (nSPS) is 13.6. The van der Waals surface area contributed by atoms with Crippen molar-refractivity contribution >= 4 is 5.91 Å². The predicted octanol–water partition coefficient (Wildman–Crippen LogP) is 4.51. The first-order chi connectivity index (χ1) is 16.0. The highest BCUT2D eigenvalue weighted by molar-refractivity contribution is 5.95. The Balaban J connectivity index is 1.57. The second kappa shape index (κ2) is 8.95. The Bertz CT molecular complexity index is 1210. The van der Waals surface area contributed by atoms with Gasteiger partial charge in [0.15, 0.2) is 6.61 Å². The highest BCUT2D eigenvalue weighted by atomic mass is 19.4. The average molecular weight is 486 g/mol. The molecule has 1 N–H and O–H groups in total. The Morgan fingerprint density at radius 1 is 1.09 bits per heavy atom. The molecule has 1 aliphatic rings. The minimum Gasteiger partial charge on any atom is -0.468 e. The van der Waals surface area contributed by atoms with E-state index in [-0.39, 0.29) is 17.0 Å². The molecule has 1 aromatic carbocycles. The molecule has 0 bridgehead atoms. The largest absolute Gasteiger partial charge is 0.468 e. The molecule has 1 amide bonds. The number of rotatable bonds is 6. The van der Waals surface area contributed by atoms with Crippen LogP contribution in [-0.2, 0) is 25.6 Å². The predicted molar refractivity (Wildman–Crippen MR) is 104 cm³/mol. The molecule has 0 aliphatic heterocycles. The molecule has 2 aromatic heterocycles. The van der Waals surface area contributed by atoms with Crippen LogP contribution < -0.4 is 10.1 Å². The van der Waals surface area contributed by atoms with Crippen molar-refractivity contribution in [1.29, 1.82) is 0 Å². The van der Waals surface area contributed by atoms with Gasteiger partial charge in [-0.25, -0.2) is 4.98 Å². The molecule has 0 atom stereocenters. The van der Waals surface area contributed by atoms with Gasteiger partial charge in [0.1, 0.15) is 0 Å². The van der Waals surface area contributed by atoms with E-state index in [1.165, 1.54) is 6.07 Å². The lowest BCUT2D eigenvalue weighted by atomic mass is 10.00. The van der Waals surface area contributed by atoms with Crippen molar-refractivity contribution < 1.29 is 40.4 Å². The van der Waals surface area contributed by atoms with Crippen molar-refractivity contribution in [2.75, 3.05) is 6.61 Å². The average Bonchev–Trinajstić information content (AvgIpc) is 3.44. The maximum Gasteiger partial charge on any atom is 0.455 e. The number of alkyl halides is 6. The molecule has 0 spiro atoms. The molecule has 0 unspecified atom stereocenters. The van der Waals surface area contributed by atoms with E-state index in [0.717, 1.165) is 36.6 Å². The smallest absolute Gasteiger partial charge is 0.455 e. The van der Waals surface area contributed by atoms with E-state index >= 15 is 0 Å². The number of hydrogen-bond donors (Lipinski definition) is 1. The summed E-state index contributed by atoms with van der Waals surface area (Å²) >= 11 is 0. The van der Waals surface area contributed by atoms with Gasteiger partial charge in [-0.1, -0.05) is 23.4 Å². The molecule has 7 nitrogen and oxygen atoms in total. The highest BCUT2D eigenvalue weighted by Crippen LogP contribution is 2.34. The van der Waals surface area contributed by atoms with Gasteiger partial charge in [-0.2, -0.15) is 31.3 Å².